The Labute approximate surface area is 132 Å². The molecule has 1 aromatic heterocycles. The molecule has 1 atom stereocenters. The van der Waals surface area contributed by atoms with Crippen molar-refractivity contribution in [1.29, 1.82) is 0 Å². The topological polar surface area (TPSA) is 22.0 Å². The first-order chi connectivity index (χ1) is 10.1. The summed E-state index contributed by atoms with van der Waals surface area (Å²) in [7, 11) is 0. The van der Waals surface area contributed by atoms with Gasteiger partial charge in [-0.1, -0.05) is 53.2 Å². The van der Waals surface area contributed by atoms with Gasteiger partial charge >= 0.3 is 0 Å². The number of rotatable bonds is 2. The maximum absolute atomic E-state index is 13.1. The van der Waals surface area contributed by atoms with Gasteiger partial charge in [0, 0.05) is 22.6 Å². The van der Waals surface area contributed by atoms with E-state index in [1.165, 1.54) is 0 Å². The van der Waals surface area contributed by atoms with Gasteiger partial charge in [0.2, 0.25) is 0 Å². The molecule has 1 heterocycles. The number of fused-ring (bicyclic) bond motifs is 1. The van der Waals surface area contributed by atoms with Crippen LogP contribution in [0.4, 0.5) is 0 Å². The van der Waals surface area contributed by atoms with Crippen LogP contribution in [0.2, 0.25) is 0 Å². The second-order valence-corrected chi connectivity index (χ2v) is 6.17. The molecule has 0 aliphatic heterocycles. The Morgan fingerprint density at radius 3 is 2.90 bits per heavy atom. The molecular weight excluding hydrogens is 326 g/mol. The maximum atomic E-state index is 13.1. The van der Waals surface area contributed by atoms with Crippen LogP contribution in [0.3, 0.4) is 0 Å². The van der Waals surface area contributed by atoms with Gasteiger partial charge in [0.05, 0.1) is 5.39 Å². The number of pyridine rings is 1. The second-order valence-electron chi connectivity index (χ2n) is 5.61. The lowest BCUT2D eigenvalue weighted by molar-refractivity contribution is 0.700. The molecule has 3 heteroatoms. The number of hydrogen-bond acceptors (Lipinski definition) is 1. The van der Waals surface area contributed by atoms with Crippen LogP contribution in [-0.2, 0) is 5.33 Å². The van der Waals surface area contributed by atoms with E-state index in [0.717, 1.165) is 34.1 Å². The molecule has 0 saturated carbocycles. The van der Waals surface area contributed by atoms with E-state index < -0.39 is 0 Å². The third-order valence-corrected chi connectivity index (χ3v) is 4.70. The van der Waals surface area contributed by atoms with Gasteiger partial charge in [-0.3, -0.25) is 9.36 Å². The number of benzene rings is 1. The summed E-state index contributed by atoms with van der Waals surface area (Å²) in [5, 5.41) is 2.51. The lowest BCUT2D eigenvalue weighted by atomic mass is 9.97. The highest BCUT2D eigenvalue weighted by Gasteiger charge is 2.18. The molecule has 0 N–H and O–H groups in total. The summed E-state index contributed by atoms with van der Waals surface area (Å²) in [6.45, 7) is 4.17. The summed E-state index contributed by atoms with van der Waals surface area (Å²) in [5.41, 5.74) is 3.22. The molecule has 0 radical (unpaired) electrons. The lowest BCUT2D eigenvalue weighted by Crippen LogP contribution is -2.26. The molecule has 0 spiro atoms. The molecule has 1 unspecified atom stereocenters. The van der Waals surface area contributed by atoms with Crippen LogP contribution in [0.1, 0.15) is 24.6 Å². The predicted molar refractivity (Wildman–Crippen MR) is 92.8 cm³/mol. The van der Waals surface area contributed by atoms with E-state index in [1.807, 2.05) is 35.8 Å². The zero-order chi connectivity index (χ0) is 15.0. The summed E-state index contributed by atoms with van der Waals surface area (Å²) >= 11 is 3.53. The van der Waals surface area contributed by atoms with Gasteiger partial charge in [0.15, 0.2) is 0 Å². The first-order valence-corrected chi connectivity index (χ1v) is 8.33. The molecule has 108 valence electrons. The highest BCUT2D eigenvalue weighted by Crippen LogP contribution is 2.27. The van der Waals surface area contributed by atoms with Crippen LogP contribution < -0.4 is 5.56 Å². The van der Waals surface area contributed by atoms with Crippen LogP contribution in [0.15, 0.2) is 47.3 Å². The normalized spacial score (nSPS) is 18.0. The zero-order valence-corrected chi connectivity index (χ0v) is 13.9. The van der Waals surface area contributed by atoms with Gasteiger partial charge in [-0.25, -0.2) is 0 Å². The third kappa shape index (κ3) is 2.40. The van der Waals surface area contributed by atoms with Crippen molar-refractivity contribution in [3.8, 4) is 0 Å². The fourth-order valence-electron chi connectivity index (χ4n) is 3.00. The standard InChI is InChI=1S/C18H18BrNO/c1-12-6-3-4-9-16(12)20-15(11-19)10-14-8-5-7-13(2)17(14)18(20)21/h3-5,7-10,12H,6,11H2,1-2H3. The summed E-state index contributed by atoms with van der Waals surface area (Å²) < 4.78 is 1.89. The maximum Gasteiger partial charge on any atom is 0.263 e. The fraction of sp³-hybridized carbons (Fsp3) is 0.278. The number of aryl methyl sites for hydroxylation is 1. The van der Waals surface area contributed by atoms with Gasteiger partial charge in [0.25, 0.3) is 5.56 Å². The average Bonchev–Trinajstić information content (AvgIpc) is 2.48. The number of halogens is 1. The van der Waals surface area contributed by atoms with Crippen LogP contribution in [-0.4, -0.2) is 4.57 Å². The van der Waals surface area contributed by atoms with Crippen molar-refractivity contribution >= 4 is 32.4 Å². The van der Waals surface area contributed by atoms with Crippen molar-refractivity contribution in [3.05, 3.63) is 64.1 Å². The zero-order valence-electron chi connectivity index (χ0n) is 12.3. The van der Waals surface area contributed by atoms with E-state index in [9.17, 15) is 4.79 Å². The number of aromatic nitrogens is 1. The van der Waals surface area contributed by atoms with Gasteiger partial charge in [-0.05, 0) is 36.4 Å². The lowest BCUT2D eigenvalue weighted by Gasteiger charge is -2.22. The van der Waals surface area contributed by atoms with Crippen LogP contribution in [0.5, 0.6) is 0 Å². The smallest absolute Gasteiger partial charge is 0.263 e. The molecular formula is C18H18BrNO. The monoisotopic (exact) mass is 343 g/mol. The van der Waals surface area contributed by atoms with Crippen LogP contribution in [0, 0.1) is 12.8 Å². The third-order valence-electron chi connectivity index (χ3n) is 4.12. The molecule has 0 bridgehead atoms. The average molecular weight is 344 g/mol. The van der Waals surface area contributed by atoms with Crippen molar-refractivity contribution in [2.24, 2.45) is 5.92 Å². The Morgan fingerprint density at radius 2 is 2.19 bits per heavy atom. The number of hydrogen-bond donors (Lipinski definition) is 0. The highest BCUT2D eigenvalue weighted by atomic mass is 79.9. The number of alkyl halides is 1. The van der Waals surface area contributed by atoms with Crippen molar-refractivity contribution in [2.45, 2.75) is 25.6 Å². The Balaban J connectivity index is 2.39. The molecule has 2 aromatic rings. The van der Waals surface area contributed by atoms with Crippen molar-refractivity contribution in [3.63, 3.8) is 0 Å². The van der Waals surface area contributed by atoms with Crippen molar-refractivity contribution in [1.82, 2.24) is 4.57 Å². The Morgan fingerprint density at radius 1 is 1.38 bits per heavy atom. The van der Waals surface area contributed by atoms with Gasteiger partial charge < -0.3 is 0 Å². The quantitative estimate of drug-likeness (QED) is 0.728. The highest BCUT2D eigenvalue weighted by molar-refractivity contribution is 9.08. The first-order valence-electron chi connectivity index (χ1n) is 7.20. The Hall–Kier alpha value is -1.61. The van der Waals surface area contributed by atoms with Gasteiger partial charge in [-0.2, -0.15) is 0 Å². The van der Waals surface area contributed by atoms with E-state index in [-0.39, 0.29) is 5.56 Å². The minimum atomic E-state index is 0.0912. The summed E-state index contributed by atoms with van der Waals surface area (Å²) in [4.78, 5) is 13.1. The van der Waals surface area contributed by atoms with Crippen LogP contribution >= 0.6 is 15.9 Å². The minimum Gasteiger partial charge on any atom is -0.283 e. The SMILES string of the molecule is Cc1cccc2cc(CBr)n(C3=CC=CCC3C)c(=O)c12. The Kier molecular flexibility index (Phi) is 3.85. The molecule has 1 aliphatic carbocycles. The molecule has 1 aliphatic rings. The van der Waals surface area contributed by atoms with Crippen molar-refractivity contribution in [2.75, 3.05) is 0 Å². The summed E-state index contributed by atoms with van der Waals surface area (Å²) in [6, 6.07) is 8.13. The van der Waals surface area contributed by atoms with E-state index in [1.54, 1.807) is 0 Å². The van der Waals surface area contributed by atoms with E-state index in [4.69, 9.17) is 0 Å². The minimum absolute atomic E-state index is 0.0912. The van der Waals surface area contributed by atoms with E-state index >= 15 is 0 Å². The summed E-state index contributed by atoms with van der Waals surface area (Å²) in [5.74, 6) is 0.354. The molecule has 0 fully saturated rings. The largest absolute Gasteiger partial charge is 0.283 e. The fourth-order valence-corrected chi connectivity index (χ4v) is 3.41. The first kappa shape index (κ1) is 14.3. The number of allylic oxidation sites excluding steroid dienone is 4. The molecule has 2 nitrogen and oxygen atoms in total. The van der Waals surface area contributed by atoms with Gasteiger partial charge in [-0.15, -0.1) is 0 Å². The van der Waals surface area contributed by atoms with Crippen LogP contribution in [0.25, 0.3) is 16.5 Å². The molecule has 21 heavy (non-hydrogen) atoms. The summed E-state index contributed by atoms with van der Waals surface area (Å²) in [6.07, 6.45) is 7.23. The Bertz CT molecular complexity index is 814. The molecule has 3 rings (SSSR count). The number of nitrogens with zero attached hydrogens (tertiary/aromatic N) is 1. The predicted octanol–water partition coefficient (Wildman–Crippen LogP) is 4.64. The van der Waals surface area contributed by atoms with E-state index in [2.05, 4.69) is 41.1 Å². The second kappa shape index (κ2) is 5.64. The molecule has 0 amide bonds. The van der Waals surface area contributed by atoms with Crippen molar-refractivity contribution < 1.29 is 0 Å². The molecule has 1 aromatic carbocycles. The molecule has 0 saturated heterocycles. The van der Waals surface area contributed by atoms with Gasteiger partial charge in [0.1, 0.15) is 0 Å². The van der Waals surface area contributed by atoms with E-state index in [0.29, 0.717) is 11.2 Å².